The first-order valence-electron chi connectivity index (χ1n) is 11.2. The van der Waals surface area contributed by atoms with Gasteiger partial charge in [-0.15, -0.1) is 0 Å². The summed E-state index contributed by atoms with van der Waals surface area (Å²) in [6.45, 7) is 9.98. The molecule has 0 saturated carbocycles. The number of rotatable bonds is 4. The normalized spacial score (nSPS) is 14.2. The van der Waals surface area contributed by atoms with E-state index in [1.165, 1.54) is 0 Å². The van der Waals surface area contributed by atoms with Crippen LogP contribution in [0.3, 0.4) is 0 Å². The van der Waals surface area contributed by atoms with Crippen LogP contribution < -0.4 is 10.2 Å². The van der Waals surface area contributed by atoms with E-state index in [1.807, 2.05) is 39.0 Å². The van der Waals surface area contributed by atoms with Gasteiger partial charge in [-0.3, -0.25) is 5.32 Å². The summed E-state index contributed by atoms with van der Waals surface area (Å²) >= 11 is 0. The third-order valence-electron chi connectivity index (χ3n) is 5.16. The van der Waals surface area contributed by atoms with Crippen molar-refractivity contribution in [1.82, 2.24) is 24.8 Å². The van der Waals surface area contributed by atoms with Gasteiger partial charge < -0.3 is 24.3 Å². The van der Waals surface area contributed by atoms with E-state index in [2.05, 4.69) is 30.2 Å². The first-order valence-corrected chi connectivity index (χ1v) is 11.2. The van der Waals surface area contributed by atoms with Gasteiger partial charge in [0.05, 0.1) is 17.6 Å². The Morgan fingerprint density at radius 2 is 1.79 bits per heavy atom. The lowest BCUT2D eigenvalue weighted by molar-refractivity contribution is 0.0240. The number of ether oxygens (including phenoxy) is 2. The van der Waals surface area contributed by atoms with E-state index < -0.39 is 11.7 Å². The van der Waals surface area contributed by atoms with E-state index >= 15 is 0 Å². The van der Waals surface area contributed by atoms with Crippen molar-refractivity contribution in [2.75, 3.05) is 43.0 Å². The molecule has 1 fully saturated rings. The van der Waals surface area contributed by atoms with E-state index in [9.17, 15) is 9.59 Å². The van der Waals surface area contributed by atoms with Crippen molar-refractivity contribution in [2.24, 2.45) is 0 Å². The van der Waals surface area contributed by atoms with Crippen molar-refractivity contribution in [3.05, 3.63) is 30.6 Å². The zero-order chi connectivity index (χ0) is 24.3. The third-order valence-corrected chi connectivity index (χ3v) is 5.16. The molecule has 0 aliphatic carbocycles. The van der Waals surface area contributed by atoms with E-state index in [-0.39, 0.29) is 12.7 Å². The second kappa shape index (κ2) is 9.54. The highest BCUT2D eigenvalue weighted by molar-refractivity contribution is 5.88. The third kappa shape index (κ3) is 5.53. The summed E-state index contributed by atoms with van der Waals surface area (Å²) in [4.78, 5) is 44.1. The zero-order valence-corrected chi connectivity index (χ0v) is 19.8. The fourth-order valence-corrected chi connectivity index (χ4v) is 3.56. The Morgan fingerprint density at radius 3 is 2.44 bits per heavy atom. The smallest absolute Gasteiger partial charge is 0.413 e. The molecule has 0 atom stereocenters. The second-order valence-corrected chi connectivity index (χ2v) is 8.89. The predicted octanol–water partition coefficient (Wildman–Crippen LogP) is 3.65. The minimum atomic E-state index is -0.558. The van der Waals surface area contributed by atoms with Gasteiger partial charge in [-0.2, -0.15) is 0 Å². The maximum Gasteiger partial charge on any atom is 0.413 e. The van der Waals surface area contributed by atoms with Gasteiger partial charge in [-0.05, 0) is 45.4 Å². The van der Waals surface area contributed by atoms with Crippen molar-refractivity contribution in [2.45, 2.75) is 33.3 Å². The number of nitrogens with one attached hydrogen (secondary N) is 2. The highest BCUT2D eigenvalue weighted by atomic mass is 16.6. The van der Waals surface area contributed by atoms with Gasteiger partial charge >= 0.3 is 12.2 Å². The maximum atomic E-state index is 12.3. The molecule has 2 N–H and O–H groups in total. The number of nitrogens with zero attached hydrogens (tertiary/aromatic N) is 5. The number of carbonyl (C=O) groups excluding carboxylic acids is 2. The Morgan fingerprint density at radius 1 is 1.09 bits per heavy atom. The number of carbonyl (C=O) groups is 2. The zero-order valence-electron chi connectivity index (χ0n) is 19.8. The van der Waals surface area contributed by atoms with Gasteiger partial charge in [-0.1, -0.05) is 6.07 Å². The number of aromatic nitrogens is 4. The molecule has 3 aromatic rings. The SMILES string of the molecule is CCOC(=O)Nc1nc2cc(-c3cnc(N4CCN(C(=O)OC(C)(C)C)CC4)nc3)ccc2[nH]1. The molecule has 1 saturated heterocycles. The number of hydrogen-bond acceptors (Lipinski definition) is 8. The standard InChI is InChI=1S/C23H29N7O4/c1-5-33-21(31)28-19-26-17-7-6-15(12-18(17)27-19)16-13-24-20(25-14-16)29-8-10-30(11-9-29)22(32)34-23(2,3)4/h6-7,12-14H,5,8-11H2,1-4H3,(H2,26,27,28,31). The fraction of sp³-hybridized carbons (Fsp3) is 0.435. The Hall–Kier alpha value is -3.89. The van der Waals surface area contributed by atoms with Gasteiger partial charge in [0, 0.05) is 44.1 Å². The monoisotopic (exact) mass is 467 g/mol. The van der Waals surface area contributed by atoms with Crippen molar-refractivity contribution < 1.29 is 19.1 Å². The number of hydrogen-bond donors (Lipinski definition) is 2. The molecule has 1 aliphatic rings. The summed E-state index contributed by atoms with van der Waals surface area (Å²) < 4.78 is 10.3. The maximum absolute atomic E-state index is 12.3. The van der Waals surface area contributed by atoms with Crippen LogP contribution in [0.2, 0.25) is 0 Å². The number of anilines is 2. The molecule has 2 aromatic heterocycles. The van der Waals surface area contributed by atoms with Crippen LogP contribution in [0, 0.1) is 0 Å². The summed E-state index contributed by atoms with van der Waals surface area (Å²) in [5, 5.41) is 2.57. The van der Waals surface area contributed by atoms with Gasteiger partial charge in [0.2, 0.25) is 11.9 Å². The predicted molar refractivity (Wildman–Crippen MR) is 128 cm³/mol. The molecule has 34 heavy (non-hydrogen) atoms. The summed E-state index contributed by atoms with van der Waals surface area (Å²) in [6, 6.07) is 5.73. The number of piperazine rings is 1. The molecule has 4 rings (SSSR count). The molecular formula is C23H29N7O4. The Balaban J connectivity index is 1.40. The Labute approximate surface area is 197 Å². The van der Waals surface area contributed by atoms with E-state index in [1.54, 1.807) is 24.2 Å². The highest BCUT2D eigenvalue weighted by Gasteiger charge is 2.26. The minimum absolute atomic E-state index is 0.283. The summed E-state index contributed by atoms with van der Waals surface area (Å²) in [5.41, 5.74) is 2.73. The molecule has 0 spiro atoms. The average Bonchev–Trinajstić information content (AvgIpc) is 3.19. The van der Waals surface area contributed by atoms with Gasteiger partial charge in [0.15, 0.2) is 0 Å². The van der Waals surface area contributed by atoms with Crippen LogP contribution in [0.5, 0.6) is 0 Å². The lowest BCUT2D eigenvalue weighted by Crippen LogP contribution is -2.50. The van der Waals surface area contributed by atoms with Gasteiger partial charge in [0.1, 0.15) is 5.60 Å². The summed E-state index contributed by atoms with van der Waals surface area (Å²) in [5.74, 6) is 0.942. The summed E-state index contributed by atoms with van der Waals surface area (Å²) in [6.07, 6.45) is 2.69. The van der Waals surface area contributed by atoms with Crippen LogP contribution in [-0.4, -0.2) is 75.4 Å². The van der Waals surface area contributed by atoms with Crippen LogP contribution in [0.1, 0.15) is 27.7 Å². The van der Waals surface area contributed by atoms with E-state index in [4.69, 9.17) is 9.47 Å². The molecule has 1 aliphatic heterocycles. The molecule has 0 bridgehead atoms. The van der Waals surface area contributed by atoms with Crippen LogP contribution in [-0.2, 0) is 9.47 Å². The number of aromatic amines is 1. The lowest BCUT2D eigenvalue weighted by atomic mass is 10.1. The number of imidazole rings is 1. The van der Waals surface area contributed by atoms with Gasteiger partial charge in [0.25, 0.3) is 0 Å². The minimum Gasteiger partial charge on any atom is -0.450 e. The van der Waals surface area contributed by atoms with E-state index in [0.717, 1.165) is 16.6 Å². The van der Waals surface area contributed by atoms with Crippen LogP contribution >= 0.6 is 0 Å². The molecule has 0 radical (unpaired) electrons. The summed E-state index contributed by atoms with van der Waals surface area (Å²) in [7, 11) is 0. The topological polar surface area (TPSA) is 126 Å². The molecule has 11 heteroatoms. The van der Waals surface area contributed by atoms with E-state index in [0.29, 0.717) is 43.6 Å². The molecular weight excluding hydrogens is 438 g/mol. The first-order chi connectivity index (χ1) is 16.2. The van der Waals surface area contributed by atoms with Gasteiger partial charge in [-0.25, -0.2) is 24.5 Å². The molecule has 180 valence electrons. The quantitative estimate of drug-likeness (QED) is 0.596. The van der Waals surface area contributed by atoms with Crippen molar-refractivity contribution in [1.29, 1.82) is 0 Å². The Bertz CT molecular complexity index is 1160. The van der Waals surface area contributed by atoms with Crippen LogP contribution in [0.25, 0.3) is 22.2 Å². The number of H-pyrrole nitrogens is 1. The Kier molecular flexibility index (Phi) is 6.53. The molecule has 11 nitrogen and oxygen atoms in total. The van der Waals surface area contributed by atoms with Crippen molar-refractivity contribution in [3.8, 4) is 11.1 Å². The number of amides is 2. The first kappa shape index (κ1) is 23.3. The lowest BCUT2D eigenvalue weighted by Gasteiger charge is -2.35. The second-order valence-electron chi connectivity index (χ2n) is 8.89. The van der Waals surface area contributed by atoms with Crippen molar-refractivity contribution >= 4 is 35.1 Å². The molecule has 3 heterocycles. The molecule has 0 unspecified atom stereocenters. The molecule has 2 amide bonds. The highest BCUT2D eigenvalue weighted by Crippen LogP contribution is 2.24. The molecule has 1 aromatic carbocycles. The fourth-order valence-electron chi connectivity index (χ4n) is 3.56. The van der Waals surface area contributed by atoms with Crippen molar-refractivity contribution in [3.63, 3.8) is 0 Å². The number of fused-ring (bicyclic) bond motifs is 1. The van der Waals surface area contributed by atoms with Crippen LogP contribution in [0.15, 0.2) is 30.6 Å². The number of benzene rings is 1. The largest absolute Gasteiger partial charge is 0.450 e. The van der Waals surface area contributed by atoms with Crippen LogP contribution in [0.4, 0.5) is 21.5 Å². The average molecular weight is 468 g/mol.